The number of benzene rings is 3. The first-order valence-electron chi connectivity index (χ1n) is 17.6. The van der Waals surface area contributed by atoms with Crippen LogP contribution in [0.2, 0.25) is 0 Å². The van der Waals surface area contributed by atoms with E-state index in [0.29, 0.717) is 55.1 Å². The van der Waals surface area contributed by atoms with Gasteiger partial charge in [0, 0.05) is 52.6 Å². The third-order valence-corrected chi connectivity index (χ3v) is 10.0. The molecule has 0 fully saturated rings. The molecule has 6 bridgehead atoms. The van der Waals surface area contributed by atoms with Gasteiger partial charge in [-0.2, -0.15) is 0 Å². The van der Waals surface area contributed by atoms with Gasteiger partial charge in [-0.25, -0.2) is 18.4 Å². The second kappa shape index (κ2) is 14.0. The average Bonchev–Trinajstić information content (AvgIpc) is 3.91. The van der Waals surface area contributed by atoms with Crippen molar-refractivity contribution in [2.24, 2.45) is 5.92 Å². The molecular weight excluding hydrogens is 666 g/mol. The highest BCUT2D eigenvalue weighted by Gasteiger charge is 2.33. The van der Waals surface area contributed by atoms with Crippen molar-refractivity contribution in [3.05, 3.63) is 113 Å². The summed E-state index contributed by atoms with van der Waals surface area (Å²) in [6.07, 6.45) is 7.11. The van der Waals surface area contributed by atoms with Crippen LogP contribution in [0.5, 0.6) is 11.5 Å². The maximum Gasteiger partial charge on any atom is 0.308 e. The Morgan fingerprint density at radius 3 is 2.77 bits per heavy atom. The highest BCUT2D eigenvalue weighted by molar-refractivity contribution is 5.85. The largest absolute Gasteiger partial charge is 0.466 e. The molecule has 0 radical (unpaired) electrons. The Morgan fingerprint density at radius 1 is 1.10 bits per heavy atom. The zero-order valence-electron chi connectivity index (χ0n) is 29.9. The second-order valence-electron chi connectivity index (χ2n) is 14.1. The van der Waals surface area contributed by atoms with Gasteiger partial charge in [-0.15, -0.1) is 5.10 Å². The predicted molar refractivity (Wildman–Crippen MR) is 192 cm³/mol. The van der Waals surface area contributed by atoms with Gasteiger partial charge < -0.3 is 24.2 Å². The van der Waals surface area contributed by atoms with E-state index in [2.05, 4.69) is 44.3 Å². The number of fused-ring (bicyclic) bond motifs is 10. The number of halogens is 2. The molecule has 52 heavy (non-hydrogen) atoms. The van der Waals surface area contributed by atoms with E-state index in [1.54, 1.807) is 30.2 Å². The van der Waals surface area contributed by atoms with Crippen molar-refractivity contribution in [3.63, 3.8) is 0 Å². The molecule has 0 amide bonds. The molecule has 0 aliphatic carbocycles. The molecule has 3 aromatic carbocycles. The van der Waals surface area contributed by atoms with E-state index in [9.17, 15) is 4.79 Å². The molecule has 12 heteroatoms. The van der Waals surface area contributed by atoms with Crippen molar-refractivity contribution in [3.8, 4) is 22.9 Å². The zero-order valence-corrected chi connectivity index (χ0v) is 29.9. The number of hydrogen-bond acceptors (Lipinski definition) is 7. The molecule has 0 spiro atoms. The summed E-state index contributed by atoms with van der Waals surface area (Å²) in [6.45, 7) is 10.6. The van der Waals surface area contributed by atoms with Gasteiger partial charge in [0.1, 0.15) is 28.7 Å². The normalized spacial score (nSPS) is 18.1. The fraction of sp³-hybridized carbons (Fsp3) is 0.350. The second-order valence-corrected chi connectivity index (χ2v) is 14.1. The summed E-state index contributed by atoms with van der Waals surface area (Å²) in [7, 11) is 0. The Balaban J connectivity index is 1.32. The van der Waals surface area contributed by atoms with E-state index in [4.69, 9.17) is 14.2 Å². The summed E-state index contributed by atoms with van der Waals surface area (Å²) >= 11 is 0. The Kier molecular flexibility index (Phi) is 9.43. The number of imidazole rings is 1. The first-order chi connectivity index (χ1) is 24.9. The monoisotopic (exact) mass is 708 g/mol. The van der Waals surface area contributed by atoms with Crippen LogP contribution in [0.3, 0.4) is 0 Å². The molecule has 2 unspecified atom stereocenters. The van der Waals surface area contributed by atoms with E-state index in [1.807, 2.05) is 39.0 Å². The van der Waals surface area contributed by atoms with Crippen LogP contribution in [0.25, 0.3) is 22.3 Å². The van der Waals surface area contributed by atoms with Gasteiger partial charge in [0.15, 0.2) is 11.6 Å². The Bertz CT molecular complexity index is 2240. The summed E-state index contributed by atoms with van der Waals surface area (Å²) in [4.78, 5) is 23.6. The number of aromatic amines is 2. The molecule has 10 nitrogen and oxygen atoms in total. The number of H-pyrrole nitrogens is 2. The summed E-state index contributed by atoms with van der Waals surface area (Å²) in [5.41, 5.74) is 3.35. The quantitative estimate of drug-likeness (QED) is 0.173. The van der Waals surface area contributed by atoms with Crippen molar-refractivity contribution in [2.75, 3.05) is 13.2 Å². The summed E-state index contributed by atoms with van der Waals surface area (Å²) in [5.74, 6) is -1.09. The number of carbonyl (C=O) groups is 1. The van der Waals surface area contributed by atoms with Crippen molar-refractivity contribution in [2.45, 2.75) is 71.4 Å². The zero-order chi connectivity index (χ0) is 36.6. The predicted octanol–water partition coefficient (Wildman–Crippen LogP) is 8.36. The summed E-state index contributed by atoms with van der Waals surface area (Å²) in [5, 5.41) is 9.56. The first kappa shape index (κ1) is 35.1. The van der Waals surface area contributed by atoms with Gasteiger partial charge in [-0.1, -0.05) is 36.4 Å². The number of aromatic nitrogens is 6. The smallest absolute Gasteiger partial charge is 0.308 e. The summed E-state index contributed by atoms with van der Waals surface area (Å²) < 4.78 is 50.9. The third kappa shape index (κ3) is 6.82. The lowest BCUT2D eigenvalue weighted by atomic mass is 9.75. The van der Waals surface area contributed by atoms with Crippen LogP contribution >= 0.6 is 0 Å². The Labute approximate surface area is 300 Å². The van der Waals surface area contributed by atoms with Crippen molar-refractivity contribution >= 4 is 16.9 Å². The van der Waals surface area contributed by atoms with E-state index in [-0.39, 0.29) is 35.5 Å². The van der Waals surface area contributed by atoms with Crippen LogP contribution in [-0.2, 0) is 38.2 Å². The fourth-order valence-electron chi connectivity index (χ4n) is 6.93. The molecule has 6 aromatic rings. The molecule has 2 N–H and O–H groups in total. The number of nitrogens with zero attached hydrogens (tertiary/aromatic N) is 4. The minimum Gasteiger partial charge on any atom is -0.466 e. The molecule has 0 saturated carbocycles. The van der Waals surface area contributed by atoms with Crippen LogP contribution in [0.15, 0.2) is 73.2 Å². The number of hydrogen-bond donors (Lipinski definition) is 2. The standard InChI is InChI=1S/C40H42F2N6O4/c1-6-50-38(49)24(2)17-25-9-7-10-26(18-25)40(5)14-8-16-51-39(3,4)35-23-48(47-46-35)22-30-28-13-15-43-33(28)20-32(42)36(30)52-27-11-12-31(41)29(19-27)37-44-21-34(40)45-37/h7,9-13,15,18-21,23-24,43H,6,8,14,16-17,22H2,1-5H3,(H,44,45). The van der Waals surface area contributed by atoms with E-state index >= 15 is 8.78 Å². The molecule has 1 aliphatic rings. The molecule has 3 aromatic heterocycles. The van der Waals surface area contributed by atoms with Crippen molar-refractivity contribution < 1.29 is 27.8 Å². The Morgan fingerprint density at radius 2 is 1.94 bits per heavy atom. The topological polar surface area (TPSA) is 120 Å². The molecule has 7 rings (SSSR count). The number of carbonyl (C=O) groups excluding carboxylic acids is 1. The minimum absolute atomic E-state index is 0.000000552. The molecule has 2 atom stereocenters. The van der Waals surface area contributed by atoms with E-state index < -0.39 is 22.7 Å². The molecule has 270 valence electrons. The summed E-state index contributed by atoms with van der Waals surface area (Å²) in [6, 6.07) is 15.7. The molecular formula is C40H42F2N6O4. The van der Waals surface area contributed by atoms with Gasteiger partial charge in [0.2, 0.25) is 0 Å². The van der Waals surface area contributed by atoms with Gasteiger partial charge in [0.25, 0.3) is 0 Å². The highest BCUT2D eigenvalue weighted by Crippen LogP contribution is 2.40. The van der Waals surface area contributed by atoms with Crippen LogP contribution in [0, 0.1) is 17.6 Å². The van der Waals surface area contributed by atoms with E-state index in [0.717, 1.165) is 22.2 Å². The van der Waals surface area contributed by atoms with Gasteiger partial charge in [0.05, 0.1) is 30.8 Å². The lowest BCUT2D eigenvalue weighted by molar-refractivity contribution is -0.147. The van der Waals surface area contributed by atoms with Gasteiger partial charge >= 0.3 is 5.97 Å². The molecule has 0 saturated heterocycles. The van der Waals surface area contributed by atoms with Gasteiger partial charge in [-0.05, 0) is 82.3 Å². The average molecular weight is 709 g/mol. The van der Waals surface area contributed by atoms with Crippen LogP contribution in [0.4, 0.5) is 8.78 Å². The Hall–Kier alpha value is -5.36. The first-order valence-corrected chi connectivity index (χ1v) is 17.6. The molecule has 4 heterocycles. The van der Waals surface area contributed by atoms with Crippen LogP contribution in [-0.4, -0.2) is 49.1 Å². The fourth-order valence-corrected chi connectivity index (χ4v) is 6.93. The number of nitrogens with one attached hydrogen (secondary N) is 2. The van der Waals surface area contributed by atoms with Crippen LogP contribution in [0.1, 0.15) is 75.5 Å². The lowest BCUT2D eigenvalue weighted by Crippen LogP contribution is -2.27. The van der Waals surface area contributed by atoms with Crippen molar-refractivity contribution in [1.82, 2.24) is 29.9 Å². The van der Waals surface area contributed by atoms with Gasteiger partial charge in [-0.3, -0.25) is 4.79 Å². The van der Waals surface area contributed by atoms with Crippen LogP contribution < -0.4 is 4.74 Å². The number of ether oxygens (including phenoxy) is 3. The number of rotatable bonds is 5. The SMILES string of the molecule is CCOC(=O)C(C)Cc1cccc(C2(C)CCCOC(C)(C)c3cn(nn3)Cc3c(c(F)cc4[nH]ccc34)Oc3ccc(F)c(c3)-c3ncc2[nH]3)c1. The van der Waals surface area contributed by atoms with E-state index in [1.165, 1.54) is 24.3 Å². The maximum absolute atomic E-state index is 15.8. The maximum atomic E-state index is 15.8. The highest BCUT2D eigenvalue weighted by atomic mass is 19.1. The minimum atomic E-state index is -0.775. The number of esters is 1. The third-order valence-electron chi connectivity index (χ3n) is 10.0. The van der Waals surface area contributed by atoms with Crippen molar-refractivity contribution in [1.29, 1.82) is 0 Å². The lowest BCUT2D eigenvalue weighted by Gasteiger charge is -2.31. The molecule has 1 aliphatic heterocycles.